The molecule has 2 saturated heterocycles. The summed E-state index contributed by atoms with van der Waals surface area (Å²) < 4.78 is 10.8. The Kier molecular flexibility index (Phi) is 5.40. The van der Waals surface area contributed by atoms with Gasteiger partial charge in [0.2, 0.25) is 5.91 Å². The molecule has 0 unspecified atom stereocenters. The van der Waals surface area contributed by atoms with Gasteiger partial charge >= 0.3 is 5.97 Å². The summed E-state index contributed by atoms with van der Waals surface area (Å²) in [6.45, 7) is 4.37. The molecule has 2 aromatic carbocycles. The number of hydrogen-bond donors (Lipinski definition) is 0. The van der Waals surface area contributed by atoms with Crippen LogP contribution in [-0.2, 0) is 19.1 Å². The maximum atomic E-state index is 13.4. The highest BCUT2D eigenvalue weighted by Gasteiger charge is 2.64. The van der Waals surface area contributed by atoms with Crippen molar-refractivity contribution >= 4 is 23.6 Å². The van der Waals surface area contributed by atoms with Gasteiger partial charge < -0.3 is 14.4 Å². The molecule has 0 bridgehead atoms. The number of rotatable bonds is 6. The molecule has 4 rings (SSSR count). The van der Waals surface area contributed by atoms with Crippen LogP contribution >= 0.6 is 11.8 Å². The maximum absolute atomic E-state index is 13.4. The van der Waals surface area contributed by atoms with Crippen molar-refractivity contribution in [2.45, 2.75) is 36.1 Å². The number of ether oxygens (including phenoxy) is 2. The number of benzene rings is 2. The van der Waals surface area contributed by atoms with Crippen LogP contribution in [0.2, 0.25) is 0 Å². The monoisotopic (exact) mass is 411 g/mol. The molecule has 3 atom stereocenters. The molecule has 2 aliphatic rings. The average molecular weight is 412 g/mol. The van der Waals surface area contributed by atoms with Gasteiger partial charge in [-0.25, -0.2) is 4.79 Å². The lowest BCUT2D eigenvalue weighted by Gasteiger charge is -2.43. The Morgan fingerprint density at radius 1 is 1.07 bits per heavy atom. The van der Waals surface area contributed by atoms with Crippen molar-refractivity contribution < 1.29 is 19.1 Å². The third kappa shape index (κ3) is 3.55. The van der Waals surface area contributed by atoms with Crippen molar-refractivity contribution in [1.29, 1.82) is 0 Å². The highest BCUT2D eigenvalue weighted by atomic mass is 32.2. The van der Waals surface area contributed by atoms with Crippen molar-refractivity contribution in [3.05, 3.63) is 71.8 Å². The summed E-state index contributed by atoms with van der Waals surface area (Å²) in [7, 11) is 1.59. The molecule has 6 heteroatoms. The van der Waals surface area contributed by atoms with Gasteiger partial charge in [-0.15, -0.1) is 11.8 Å². The van der Waals surface area contributed by atoms with Crippen molar-refractivity contribution in [2.24, 2.45) is 5.92 Å². The van der Waals surface area contributed by atoms with Crippen molar-refractivity contribution in [2.75, 3.05) is 13.7 Å². The minimum Gasteiger partial charge on any atom is -0.451 e. The van der Waals surface area contributed by atoms with Gasteiger partial charge in [-0.1, -0.05) is 60.7 Å². The fourth-order valence-electron chi connectivity index (χ4n) is 4.17. The first-order valence-electron chi connectivity index (χ1n) is 9.73. The van der Waals surface area contributed by atoms with E-state index in [2.05, 4.69) is 0 Å². The van der Waals surface area contributed by atoms with E-state index in [-0.39, 0.29) is 23.2 Å². The predicted octanol–water partition coefficient (Wildman–Crippen LogP) is 3.64. The van der Waals surface area contributed by atoms with E-state index in [1.165, 1.54) is 0 Å². The topological polar surface area (TPSA) is 55.8 Å². The smallest absolute Gasteiger partial charge is 0.331 e. The Hall–Kier alpha value is -2.31. The highest BCUT2D eigenvalue weighted by molar-refractivity contribution is 8.01. The molecule has 0 radical (unpaired) electrons. The SMILES string of the molecule is COC[C@@H]1C(=O)N2[C@@H]1SC(C)(C)[C@H]2C(=O)OC(c1ccccc1)c1ccccc1. The summed E-state index contributed by atoms with van der Waals surface area (Å²) in [5.74, 6) is -0.596. The third-order valence-corrected chi connectivity index (χ3v) is 7.19. The Bertz CT molecular complexity index is 847. The molecule has 0 N–H and O–H groups in total. The van der Waals surface area contributed by atoms with E-state index in [9.17, 15) is 9.59 Å². The summed E-state index contributed by atoms with van der Waals surface area (Å²) in [5, 5.41) is -0.0399. The van der Waals surface area contributed by atoms with Crippen LogP contribution in [0.1, 0.15) is 31.1 Å². The molecule has 5 nitrogen and oxygen atoms in total. The fraction of sp³-hybridized carbons (Fsp3) is 0.391. The first-order valence-corrected chi connectivity index (χ1v) is 10.6. The lowest BCUT2D eigenvalue weighted by atomic mass is 9.92. The summed E-state index contributed by atoms with van der Waals surface area (Å²) in [5.41, 5.74) is 1.80. The molecular weight excluding hydrogens is 386 g/mol. The molecule has 2 aliphatic heterocycles. The maximum Gasteiger partial charge on any atom is 0.331 e. The van der Waals surface area contributed by atoms with E-state index < -0.39 is 16.9 Å². The first-order chi connectivity index (χ1) is 13.9. The number of amides is 1. The van der Waals surface area contributed by atoms with E-state index in [1.54, 1.807) is 23.8 Å². The molecule has 2 aromatic rings. The van der Waals surface area contributed by atoms with Crippen LogP contribution in [0.5, 0.6) is 0 Å². The number of nitrogens with zero attached hydrogens (tertiary/aromatic N) is 1. The van der Waals surface area contributed by atoms with E-state index in [1.807, 2.05) is 74.5 Å². The molecule has 2 fully saturated rings. The number of fused-ring (bicyclic) bond motifs is 1. The molecule has 2 heterocycles. The van der Waals surface area contributed by atoms with Crippen LogP contribution in [0, 0.1) is 5.92 Å². The second-order valence-corrected chi connectivity index (χ2v) is 9.73. The van der Waals surface area contributed by atoms with Gasteiger partial charge in [0.05, 0.1) is 17.9 Å². The van der Waals surface area contributed by atoms with Gasteiger partial charge in [0.1, 0.15) is 6.04 Å². The van der Waals surface area contributed by atoms with Gasteiger partial charge in [0.15, 0.2) is 6.10 Å². The van der Waals surface area contributed by atoms with E-state index >= 15 is 0 Å². The molecule has 1 amide bonds. The quantitative estimate of drug-likeness (QED) is 0.537. The van der Waals surface area contributed by atoms with E-state index in [0.29, 0.717) is 6.61 Å². The number of β-lactam (4-membered cyclic amide) rings is 1. The molecule has 0 spiro atoms. The summed E-state index contributed by atoms with van der Waals surface area (Å²) in [6, 6.07) is 18.8. The van der Waals surface area contributed by atoms with Gasteiger partial charge in [0, 0.05) is 11.9 Å². The number of methoxy groups -OCH3 is 1. The molecule has 29 heavy (non-hydrogen) atoms. The van der Waals surface area contributed by atoms with Crippen LogP contribution in [0.25, 0.3) is 0 Å². The Morgan fingerprint density at radius 3 is 2.14 bits per heavy atom. The number of carbonyl (C=O) groups is 2. The van der Waals surface area contributed by atoms with E-state index in [4.69, 9.17) is 9.47 Å². The molecule has 0 aromatic heterocycles. The molecule has 0 aliphatic carbocycles. The van der Waals surface area contributed by atoms with Crippen molar-refractivity contribution in [1.82, 2.24) is 4.90 Å². The largest absolute Gasteiger partial charge is 0.451 e. The standard InChI is InChI=1S/C23H25NO4S/c1-23(2)19(24-20(25)17(14-27-3)21(24)29-23)22(26)28-18(15-10-6-4-7-11-15)16-12-8-5-9-13-16/h4-13,17-19,21H,14H2,1-3H3/t17-,19-,21-/m1/s1. The molecule has 152 valence electrons. The second kappa shape index (κ2) is 7.84. The predicted molar refractivity (Wildman–Crippen MR) is 112 cm³/mol. The van der Waals surface area contributed by atoms with Crippen LogP contribution in [0.3, 0.4) is 0 Å². The second-order valence-electron chi connectivity index (χ2n) is 7.96. The zero-order chi connectivity index (χ0) is 20.6. The summed E-state index contributed by atoms with van der Waals surface area (Å²) >= 11 is 1.65. The Morgan fingerprint density at radius 2 is 1.62 bits per heavy atom. The Labute approximate surface area is 175 Å². The summed E-state index contributed by atoms with van der Waals surface area (Å²) in [6.07, 6.45) is -0.518. The van der Waals surface area contributed by atoms with Crippen LogP contribution in [0.15, 0.2) is 60.7 Å². The normalized spacial score (nSPS) is 24.9. The highest BCUT2D eigenvalue weighted by Crippen LogP contribution is 2.53. The van der Waals surface area contributed by atoms with Crippen molar-refractivity contribution in [3.8, 4) is 0 Å². The Balaban J connectivity index is 1.60. The number of hydrogen-bond acceptors (Lipinski definition) is 5. The zero-order valence-electron chi connectivity index (χ0n) is 16.8. The van der Waals surface area contributed by atoms with Gasteiger partial charge in [-0.2, -0.15) is 0 Å². The van der Waals surface area contributed by atoms with Gasteiger partial charge in [0.25, 0.3) is 0 Å². The number of carbonyl (C=O) groups excluding carboxylic acids is 2. The van der Waals surface area contributed by atoms with Crippen LogP contribution in [0.4, 0.5) is 0 Å². The first kappa shape index (κ1) is 20.0. The summed E-state index contributed by atoms with van der Waals surface area (Å²) in [4.78, 5) is 27.7. The zero-order valence-corrected chi connectivity index (χ0v) is 17.6. The number of esters is 1. The average Bonchev–Trinajstić information content (AvgIpc) is 2.99. The number of thioether (sulfide) groups is 1. The van der Waals surface area contributed by atoms with Crippen LogP contribution in [-0.4, -0.2) is 46.7 Å². The van der Waals surface area contributed by atoms with Crippen molar-refractivity contribution in [3.63, 3.8) is 0 Å². The molecule has 0 saturated carbocycles. The fourth-order valence-corrected chi connectivity index (χ4v) is 5.83. The molecular formula is C23H25NO4S. The van der Waals surface area contributed by atoms with Crippen LogP contribution < -0.4 is 0 Å². The lowest BCUT2D eigenvalue weighted by molar-refractivity contribution is -0.170. The lowest BCUT2D eigenvalue weighted by Crippen LogP contribution is -2.63. The minimum atomic E-state index is -0.618. The van der Waals surface area contributed by atoms with Gasteiger partial charge in [-0.05, 0) is 25.0 Å². The van der Waals surface area contributed by atoms with Gasteiger partial charge in [-0.3, -0.25) is 4.79 Å². The third-order valence-electron chi connectivity index (χ3n) is 5.56. The minimum absolute atomic E-state index is 0.0344. The van der Waals surface area contributed by atoms with E-state index in [0.717, 1.165) is 11.1 Å².